The Morgan fingerprint density at radius 1 is 0.867 bits per heavy atom. The molecule has 0 radical (unpaired) electrons. The highest BCUT2D eigenvalue weighted by atomic mass is 16.2. The van der Waals surface area contributed by atoms with Crippen LogP contribution in [0.1, 0.15) is 79.7 Å². The Morgan fingerprint density at radius 3 is 2.04 bits per heavy atom. The van der Waals surface area contributed by atoms with Crippen LogP contribution in [0.4, 0.5) is 0 Å². The molecule has 0 spiro atoms. The minimum atomic E-state index is -0.874. The molecule has 0 aromatic heterocycles. The normalized spacial score (nSPS) is 15.0. The van der Waals surface area contributed by atoms with Crippen molar-refractivity contribution in [1.82, 2.24) is 26.2 Å². The van der Waals surface area contributed by atoms with E-state index in [1.54, 1.807) is 20.8 Å². The monoisotopic (exact) mass is 623 g/mol. The highest BCUT2D eigenvalue weighted by Crippen LogP contribution is 2.40. The summed E-state index contributed by atoms with van der Waals surface area (Å²) in [5.74, 6) is -2.16. The molecule has 2 rings (SSSR count). The van der Waals surface area contributed by atoms with Gasteiger partial charge in [-0.3, -0.25) is 33.7 Å². The minimum Gasteiger partial charge on any atom is -0.355 e. The fourth-order valence-electron chi connectivity index (χ4n) is 5.27. The fraction of sp³-hybridized carbons (Fsp3) is 0.529. The van der Waals surface area contributed by atoms with Crippen LogP contribution in [0.5, 0.6) is 0 Å². The molecule has 1 fully saturated rings. The van der Waals surface area contributed by atoms with Crippen LogP contribution in [0.15, 0.2) is 53.8 Å². The molecule has 0 saturated carbocycles. The summed E-state index contributed by atoms with van der Waals surface area (Å²) in [6.07, 6.45) is 5.46. The van der Waals surface area contributed by atoms with Gasteiger partial charge in [0.2, 0.25) is 35.4 Å². The van der Waals surface area contributed by atoms with Gasteiger partial charge in [-0.15, -0.1) is 0 Å². The van der Waals surface area contributed by atoms with E-state index in [1.165, 1.54) is 4.90 Å². The van der Waals surface area contributed by atoms with E-state index in [0.29, 0.717) is 31.5 Å². The quantitative estimate of drug-likeness (QED) is 0.164. The Morgan fingerprint density at radius 2 is 1.47 bits per heavy atom. The molecule has 1 aliphatic rings. The van der Waals surface area contributed by atoms with Crippen molar-refractivity contribution in [2.75, 3.05) is 19.6 Å². The average molecular weight is 624 g/mol. The maximum atomic E-state index is 13.1. The number of rotatable bonds is 16. The molecule has 11 nitrogen and oxygen atoms in total. The van der Waals surface area contributed by atoms with Crippen LogP contribution in [0.25, 0.3) is 0 Å². The smallest absolute Gasteiger partial charge is 0.242 e. The maximum Gasteiger partial charge on any atom is 0.242 e. The molecule has 1 heterocycles. The van der Waals surface area contributed by atoms with Crippen LogP contribution < -0.4 is 21.3 Å². The molecule has 1 aliphatic heterocycles. The fourth-order valence-corrected chi connectivity index (χ4v) is 5.27. The summed E-state index contributed by atoms with van der Waals surface area (Å²) in [7, 11) is 0. The SMILES string of the molecule is CC/C=C(\C=C(/C)C(C)(C)CC(C)(C)C(=O)NCC(=O)NCC(=O)NC(Cc1ccccc1)C(=O)NCC)N1C(=O)CCC1=O. The number of allylic oxidation sites excluding steroid dienone is 3. The van der Waals surface area contributed by atoms with Gasteiger partial charge in [0, 0.05) is 36.9 Å². The predicted molar refractivity (Wildman–Crippen MR) is 172 cm³/mol. The van der Waals surface area contributed by atoms with Crippen molar-refractivity contribution in [3.05, 3.63) is 59.3 Å². The maximum absolute atomic E-state index is 13.1. The number of carbonyl (C=O) groups is 6. The standard InChI is InChI=1S/C34H49N5O6/c1-8-13-25(39-29(42)16-17-30(39)43)18-23(3)33(4,5)22-34(6,7)32(45)37-20-27(40)36-21-28(41)38-26(31(44)35-9-2)19-24-14-11-10-12-15-24/h10-15,18,26H,8-9,16-17,19-22H2,1-7H3,(H,35,44)(H,36,40)(H,37,45)(H,38,41)/b23-18+,25-13+. The lowest BCUT2D eigenvalue weighted by Gasteiger charge is -2.35. The number of imide groups is 1. The number of nitrogens with zero attached hydrogens (tertiary/aromatic N) is 1. The summed E-state index contributed by atoms with van der Waals surface area (Å²) >= 11 is 0. The first-order valence-electron chi connectivity index (χ1n) is 15.5. The summed E-state index contributed by atoms with van der Waals surface area (Å²) in [6.45, 7) is 12.9. The number of hydrogen-bond donors (Lipinski definition) is 4. The first-order valence-corrected chi connectivity index (χ1v) is 15.5. The van der Waals surface area contributed by atoms with Crippen molar-refractivity contribution in [1.29, 1.82) is 0 Å². The van der Waals surface area contributed by atoms with Crippen LogP contribution in [0.2, 0.25) is 0 Å². The molecule has 6 amide bonds. The van der Waals surface area contributed by atoms with Crippen LogP contribution in [0, 0.1) is 10.8 Å². The Labute approximate surface area is 266 Å². The van der Waals surface area contributed by atoms with E-state index in [4.69, 9.17) is 0 Å². The van der Waals surface area contributed by atoms with Crippen molar-refractivity contribution < 1.29 is 28.8 Å². The summed E-state index contributed by atoms with van der Waals surface area (Å²) in [5, 5.41) is 10.5. The summed E-state index contributed by atoms with van der Waals surface area (Å²) in [5.41, 5.74) is 0.974. The Hall–Kier alpha value is -4.28. The molecule has 45 heavy (non-hydrogen) atoms. The molecule has 1 aromatic rings. The molecule has 1 aromatic carbocycles. The van der Waals surface area contributed by atoms with Gasteiger partial charge in [0.05, 0.1) is 13.1 Å². The Kier molecular flexibility index (Phi) is 13.7. The first kappa shape index (κ1) is 36.9. The minimum absolute atomic E-state index is 0.201. The average Bonchev–Trinajstić information content (AvgIpc) is 3.31. The van der Waals surface area contributed by atoms with Gasteiger partial charge >= 0.3 is 0 Å². The van der Waals surface area contributed by atoms with Gasteiger partial charge in [0.1, 0.15) is 6.04 Å². The molecule has 1 unspecified atom stereocenters. The molecule has 4 N–H and O–H groups in total. The molecule has 1 saturated heterocycles. The van der Waals surface area contributed by atoms with Gasteiger partial charge in [-0.05, 0) is 43.7 Å². The van der Waals surface area contributed by atoms with Crippen molar-refractivity contribution in [3.63, 3.8) is 0 Å². The second-order valence-corrected chi connectivity index (χ2v) is 12.6. The van der Waals surface area contributed by atoms with Crippen molar-refractivity contribution in [2.24, 2.45) is 10.8 Å². The number of amides is 6. The number of hydrogen-bond acceptors (Lipinski definition) is 6. The third-order valence-corrected chi connectivity index (χ3v) is 7.79. The number of likely N-dealkylation sites (tertiary alicyclic amines) is 1. The van der Waals surface area contributed by atoms with Crippen molar-refractivity contribution in [2.45, 2.75) is 86.6 Å². The third-order valence-electron chi connectivity index (χ3n) is 7.79. The highest BCUT2D eigenvalue weighted by molar-refractivity contribution is 6.04. The van der Waals surface area contributed by atoms with E-state index < -0.39 is 28.7 Å². The van der Waals surface area contributed by atoms with Gasteiger partial charge < -0.3 is 21.3 Å². The summed E-state index contributed by atoms with van der Waals surface area (Å²) in [6, 6.07) is 8.49. The molecule has 246 valence electrons. The van der Waals surface area contributed by atoms with Gasteiger partial charge in [0.15, 0.2) is 0 Å². The van der Waals surface area contributed by atoms with Gasteiger partial charge in [0.25, 0.3) is 0 Å². The molecule has 0 bridgehead atoms. The Balaban J connectivity index is 1.93. The van der Waals surface area contributed by atoms with E-state index in [2.05, 4.69) is 21.3 Å². The number of nitrogens with one attached hydrogen (secondary N) is 4. The van der Waals surface area contributed by atoms with E-state index in [1.807, 2.05) is 70.2 Å². The Bertz CT molecular complexity index is 1300. The predicted octanol–water partition coefficient (Wildman–Crippen LogP) is 2.91. The molecular weight excluding hydrogens is 574 g/mol. The highest BCUT2D eigenvalue weighted by Gasteiger charge is 2.37. The molecule has 11 heteroatoms. The zero-order valence-electron chi connectivity index (χ0n) is 27.7. The molecule has 0 aliphatic carbocycles. The van der Waals surface area contributed by atoms with Crippen LogP contribution in [0.3, 0.4) is 0 Å². The van der Waals surface area contributed by atoms with Gasteiger partial charge in [-0.1, -0.05) is 76.6 Å². The molecular formula is C34H49N5O6. The zero-order chi connectivity index (χ0) is 33.8. The van der Waals surface area contributed by atoms with Crippen LogP contribution >= 0.6 is 0 Å². The summed E-state index contributed by atoms with van der Waals surface area (Å²) in [4.78, 5) is 76.6. The van der Waals surface area contributed by atoms with E-state index >= 15 is 0 Å². The number of carbonyl (C=O) groups excluding carboxylic acids is 6. The van der Waals surface area contributed by atoms with E-state index in [9.17, 15) is 28.8 Å². The third kappa shape index (κ3) is 11.3. The van der Waals surface area contributed by atoms with E-state index in [0.717, 1.165) is 11.1 Å². The van der Waals surface area contributed by atoms with E-state index in [-0.39, 0.29) is 49.6 Å². The lowest BCUT2D eigenvalue weighted by Crippen LogP contribution is -2.51. The largest absolute Gasteiger partial charge is 0.355 e. The van der Waals surface area contributed by atoms with Crippen LogP contribution in [-0.2, 0) is 35.2 Å². The lowest BCUT2D eigenvalue weighted by molar-refractivity contribution is -0.135. The first-order chi connectivity index (χ1) is 21.1. The number of likely N-dealkylation sites (N-methyl/N-ethyl adjacent to an activating group) is 1. The molecule has 1 atom stereocenters. The van der Waals surface area contributed by atoms with Crippen molar-refractivity contribution >= 4 is 35.4 Å². The van der Waals surface area contributed by atoms with Gasteiger partial charge in [-0.25, -0.2) is 0 Å². The number of benzene rings is 1. The summed E-state index contributed by atoms with van der Waals surface area (Å²) < 4.78 is 0. The van der Waals surface area contributed by atoms with Crippen molar-refractivity contribution in [3.8, 4) is 0 Å². The second kappa shape index (κ2) is 16.7. The topological polar surface area (TPSA) is 154 Å². The van der Waals surface area contributed by atoms with Gasteiger partial charge in [-0.2, -0.15) is 0 Å². The zero-order valence-corrected chi connectivity index (χ0v) is 27.7. The second-order valence-electron chi connectivity index (χ2n) is 12.6. The lowest BCUT2D eigenvalue weighted by atomic mass is 9.70. The van der Waals surface area contributed by atoms with Crippen LogP contribution in [-0.4, -0.2) is 66.0 Å².